The third-order valence-electron chi connectivity index (χ3n) is 6.10. The Labute approximate surface area is 203 Å². The van der Waals surface area contributed by atoms with Crippen molar-refractivity contribution in [1.82, 2.24) is 25.2 Å². The molecule has 9 nitrogen and oxygen atoms in total. The van der Waals surface area contributed by atoms with E-state index in [0.29, 0.717) is 37.2 Å². The molecule has 10 heteroatoms. The van der Waals surface area contributed by atoms with Gasteiger partial charge in [-0.2, -0.15) is 9.61 Å². The first-order chi connectivity index (χ1) is 17.0. The Bertz CT molecular complexity index is 1400. The number of hydrogen-bond donors (Lipinski definition) is 4. The number of phenolic OH excluding ortho intramolecular Hbond substituents is 1. The van der Waals surface area contributed by atoms with Gasteiger partial charge in [-0.15, -0.1) is 0 Å². The van der Waals surface area contributed by atoms with Crippen LogP contribution in [0, 0.1) is 0 Å². The molecule has 0 bridgehead atoms. The highest BCUT2D eigenvalue weighted by Gasteiger charge is 2.26. The van der Waals surface area contributed by atoms with Crippen LogP contribution in [0.5, 0.6) is 5.75 Å². The van der Waals surface area contributed by atoms with E-state index in [1.165, 1.54) is 0 Å². The fourth-order valence-corrected chi connectivity index (χ4v) is 4.12. The molecule has 0 saturated carbocycles. The third-order valence-corrected chi connectivity index (χ3v) is 6.10. The smallest absolute Gasteiger partial charge is 0.242 e. The first-order valence-electron chi connectivity index (χ1n) is 11.5. The fourth-order valence-electron chi connectivity index (χ4n) is 4.12. The second kappa shape index (κ2) is 9.50. The summed E-state index contributed by atoms with van der Waals surface area (Å²) >= 11 is 0. The Morgan fingerprint density at radius 1 is 1.14 bits per heavy atom. The Balaban J connectivity index is 1.27. The van der Waals surface area contributed by atoms with Crippen molar-refractivity contribution < 1.29 is 14.7 Å². The monoisotopic (exact) mass is 468 g/mol. The molecular weight excluding hydrogens is 443 g/mol. The normalized spacial score (nSPS) is 15.2. The summed E-state index contributed by atoms with van der Waals surface area (Å²) in [7, 11) is 1.95. The van der Waals surface area contributed by atoms with Gasteiger partial charge in [-0.05, 0) is 35.1 Å². The summed E-state index contributed by atoms with van der Waals surface area (Å²) in [6.07, 6.45) is 2.71. The van der Waals surface area contributed by atoms with E-state index in [4.69, 9.17) is 4.98 Å². The number of nitrogens with one attached hydrogen (secondary N) is 3. The number of nitrogens with zero attached hydrogens (tertiary/aromatic N) is 3. The largest absolute Gasteiger partial charge is 0.507 e. The van der Waals surface area contributed by atoms with Crippen LogP contribution in [0.25, 0.3) is 16.9 Å². The molecule has 1 saturated heterocycles. The van der Waals surface area contributed by atoms with Gasteiger partial charge < -0.3 is 21.1 Å². The van der Waals surface area contributed by atoms with Crippen molar-refractivity contribution in [3.05, 3.63) is 71.9 Å². The molecule has 3 heterocycles. The van der Waals surface area contributed by atoms with Crippen LogP contribution in [0.1, 0.15) is 24.0 Å². The van der Waals surface area contributed by atoms with Crippen molar-refractivity contribution in [3.8, 4) is 17.0 Å². The standard InChI is InChI=1S/C25H25BN6O3/c26-18-14-29-32-22(11-20(31-24(18)32)17-3-1-2-4-21(17)33)27-12-15-5-7-16(8-6-15)13-28-25(35)19-9-10-23(34)30-19/h1-8,11,14,19,27,33H,9-10,12-13,26H2,(H,28,35)(H,30,34). The molecule has 176 valence electrons. The van der Waals surface area contributed by atoms with Crippen LogP contribution in [0.2, 0.25) is 0 Å². The number of rotatable bonds is 7. The number of aromatic hydroxyl groups is 1. The molecule has 2 amide bonds. The fraction of sp³-hybridized carbons (Fsp3) is 0.200. The quantitative estimate of drug-likeness (QED) is 0.299. The molecule has 0 aliphatic carbocycles. The minimum atomic E-state index is -0.434. The topological polar surface area (TPSA) is 121 Å². The van der Waals surface area contributed by atoms with Crippen molar-refractivity contribution >= 4 is 36.6 Å². The predicted octanol–water partition coefficient (Wildman–Crippen LogP) is 0.867. The number of aromatic nitrogens is 3. The van der Waals surface area contributed by atoms with Crippen LogP contribution in [0.15, 0.2) is 60.8 Å². The summed E-state index contributed by atoms with van der Waals surface area (Å²) in [5.74, 6) is 0.700. The van der Waals surface area contributed by atoms with Crippen molar-refractivity contribution in [3.63, 3.8) is 0 Å². The van der Waals surface area contributed by atoms with Crippen molar-refractivity contribution in [2.75, 3.05) is 5.32 Å². The number of benzene rings is 2. The summed E-state index contributed by atoms with van der Waals surface area (Å²) < 4.78 is 1.75. The van der Waals surface area contributed by atoms with Crippen molar-refractivity contribution in [2.45, 2.75) is 32.0 Å². The summed E-state index contributed by atoms with van der Waals surface area (Å²) in [5.41, 5.74) is 5.00. The molecule has 1 atom stereocenters. The SMILES string of the molecule is Bc1cnn2c(NCc3ccc(CNC(=O)C4CCC(=O)N4)cc3)cc(-c3ccccc3O)nc12. The van der Waals surface area contributed by atoms with Crippen LogP contribution in [-0.2, 0) is 22.7 Å². The molecule has 5 rings (SSSR count). The van der Waals surface area contributed by atoms with Gasteiger partial charge in [0.15, 0.2) is 5.65 Å². The van der Waals surface area contributed by atoms with Crippen LogP contribution < -0.4 is 21.4 Å². The lowest BCUT2D eigenvalue weighted by Crippen LogP contribution is -2.41. The molecular formula is C25H25BN6O3. The maximum absolute atomic E-state index is 12.2. The van der Waals surface area contributed by atoms with E-state index >= 15 is 0 Å². The van der Waals surface area contributed by atoms with Crippen LogP contribution in [0.3, 0.4) is 0 Å². The number of carbonyl (C=O) groups excluding carboxylic acids is 2. The van der Waals surface area contributed by atoms with E-state index in [1.807, 2.05) is 50.3 Å². The maximum atomic E-state index is 12.2. The van der Waals surface area contributed by atoms with Crippen LogP contribution in [0.4, 0.5) is 5.82 Å². The number of amides is 2. The van der Waals surface area contributed by atoms with Gasteiger partial charge in [0.2, 0.25) is 11.8 Å². The average Bonchev–Trinajstić information content (AvgIpc) is 3.47. The minimum absolute atomic E-state index is 0.0774. The van der Waals surface area contributed by atoms with Gasteiger partial charge in [-0.3, -0.25) is 9.59 Å². The van der Waals surface area contributed by atoms with Crippen molar-refractivity contribution in [1.29, 1.82) is 0 Å². The van der Waals surface area contributed by atoms with Gasteiger partial charge in [-0.1, -0.05) is 36.4 Å². The number of carbonyl (C=O) groups is 2. The molecule has 2 aromatic heterocycles. The first-order valence-corrected chi connectivity index (χ1v) is 11.5. The molecule has 0 spiro atoms. The summed E-state index contributed by atoms with van der Waals surface area (Å²) in [6, 6.07) is 16.5. The highest BCUT2D eigenvalue weighted by molar-refractivity contribution is 6.36. The molecule has 1 aliphatic heterocycles. The summed E-state index contributed by atoms with van der Waals surface area (Å²) in [5, 5.41) is 23.7. The molecule has 4 aromatic rings. The van der Waals surface area contributed by atoms with E-state index in [0.717, 1.165) is 28.1 Å². The lowest BCUT2D eigenvalue weighted by molar-refractivity contribution is -0.125. The maximum Gasteiger partial charge on any atom is 0.242 e. The Morgan fingerprint density at radius 2 is 1.89 bits per heavy atom. The molecule has 35 heavy (non-hydrogen) atoms. The Hall–Kier alpha value is -4.34. The van der Waals surface area contributed by atoms with Gasteiger partial charge in [0.1, 0.15) is 25.5 Å². The molecule has 1 fully saturated rings. The first kappa shape index (κ1) is 22.5. The minimum Gasteiger partial charge on any atom is -0.507 e. The summed E-state index contributed by atoms with van der Waals surface area (Å²) in [6.45, 7) is 0.958. The molecule has 1 aliphatic rings. The molecule has 4 N–H and O–H groups in total. The second-order valence-corrected chi connectivity index (χ2v) is 8.65. The molecule has 2 aromatic carbocycles. The lowest BCUT2D eigenvalue weighted by atomic mass is 10.0. The second-order valence-electron chi connectivity index (χ2n) is 8.65. The third kappa shape index (κ3) is 4.82. The number of hydrogen-bond acceptors (Lipinski definition) is 6. The van der Waals surface area contributed by atoms with E-state index < -0.39 is 6.04 Å². The van der Waals surface area contributed by atoms with Crippen LogP contribution in [-0.4, -0.2) is 45.4 Å². The Kier molecular flexibility index (Phi) is 6.09. The Morgan fingerprint density at radius 3 is 2.60 bits per heavy atom. The zero-order chi connectivity index (χ0) is 24.4. The van der Waals surface area contributed by atoms with Crippen molar-refractivity contribution in [2.24, 2.45) is 0 Å². The van der Waals surface area contributed by atoms with Gasteiger partial charge in [0.25, 0.3) is 0 Å². The van der Waals surface area contributed by atoms with Gasteiger partial charge in [0.05, 0.1) is 5.69 Å². The highest BCUT2D eigenvalue weighted by Crippen LogP contribution is 2.29. The average molecular weight is 468 g/mol. The molecule has 0 radical (unpaired) electrons. The van der Waals surface area contributed by atoms with E-state index in [9.17, 15) is 14.7 Å². The van der Waals surface area contributed by atoms with Crippen LogP contribution >= 0.6 is 0 Å². The van der Waals surface area contributed by atoms with E-state index in [-0.39, 0.29) is 17.6 Å². The van der Waals surface area contributed by atoms with Gasteiger partial charge in [0, 0.05) is 37.3 Å². The zero-order valence-corrected chi connectivity index (χ0v) is 19.3. The number of fused-ring (bicyclic) bond motifs is 1. The number of para-hydroxylation sites is 1. The predicted molar refractivity (Wildman–Crippen MR) is 135 cm³/mol. The lowest BCUT2D eigenvalue weighted by Gasteiger charge is -2.13. The number of phenols is 1. The van der Waals surface area contributed by atoms with Gasteiger partial charge >= 0.3 is 0 Å². The highest BCUT2D eigenvalue weighted by atomic mass is 16.3. The molecule has 1 unspecified atom stereocenters. The van der Waals surface area contributed by atoms with E-state index in [1.54, 1.807) is 22.8 Å². The number of anilines is 1. The van der Waals surface area contributed by atoms with E-state index in [2.05, 4.69) is 21.0 Å². The van der Waals surface area contributed by atoms with Gasteiger partial charge in [-0.25, -0.2) is 4.98 Å². The zero-order valence-electron chi connectivity index (χ0n) is 19.3. The summed E-state index contributed by atoms with van der Waals surface area (Å²) in [4.78, 5) is 28.2.